The molecule has 0 aromatic carbocycles. The first-order chi connectivity index (χ1) is 28.5. The number of unbranched alkanes of at least 4 members (excludes halogenated alkanes) is 25. The zero-order valence-corrected chi connectivity index (χ0v) is 39.8. The van der Waals surface area contributed by atoms with Crippen molar-refractivity contribution in [2.75, 3.05) is 47.5 Å². The molecule has 3 unspecified atom stereocenters. The zero-order chi connectivity index (χ0) is 43.3. The molecule has 0 aromatic heterocycles. The highest BCUT2D eigenvalue weighted by molar-refractivity contribution is 7.47. The summed E-state index contributed by atoms with van der Waals surface area (Å²) in [5, 5.41) is 0. The van der Waals surface area contributed by atoms with Crippen LogP contribution in [-0.2, 0) is 37.4 Å². The molecule has 0 spiro atoms. The minimum Gasteiger partial charge on any atom is -0.462 e. The lowest BCUT2D eigenvalue weighted by molar-refractivity contribution is -0.870. The summed E-state index contributed by atoms with van der Waals surface area (Å²) >= 11 is 0. The summed E-state index contributed by atoms with van der Waals surface area (Å²) in [6, 6.07) is 0. The van der Waals surface area contributed by atoms with Crippen molar-refractivity contribution in [2.24, 2.45) is 0 Å². The Morgan fingerprint density at radius 2 is 1.08 bits per heavy atom. The molecule has 348 valence electrons. The zero-order valence-electron chi connectivity index (χ0n) is 39.0. The molecule has 0 saturated carbocycles. The normalized spacial score (nSPS) is 17.0. The average molecular weight is 859 g/mol. The standard InChI is InChI=1S/C48H92NO9P/c1-6-8-10-11-12-13-14-15-16-17-18-19-20-21-22-23-28-31-35-39-48(51)57-44(43-56-59(52,53)55-41-40-49(3,4)5)42-54-47(50)38-34-30-27-25-24-26-29-33-37-46-45(58-46)36-32-9-7-2/h29,33,44-46H,6-28,30-32,34-43H2,1-5H3/p+1/b33-29-/t44-,45?,46?/m1/s1. The second-order valence-corrected chi connectivity index (χ2v) is 19.7. The highest BCUT2D eigenvalue weighted by atomic mass is 31.2. The van der Waals surface area contributed by atoms with Gasteiger partial charge in [0.15, 0.2) is 6.10 Å². The summed E-state index contributed by atoms with van der Waals surface area (Å²) in [5.74, 6) is -0.808. The number of quaternary nitrogens is 1. The van der Waals surface area contributed by atoms with Crippen LogP contribution in [0.1, 0.15) is 219 Å². The molecule has 1 fully saturated rings. The van der Waals surface area contributed by atoms with Gasteiger partial charge in [0.2, 0.25) is 0 Å². The van der Waals surface area contributed by atoms with Crippen LogP contribution >= 0.6 is 7.82 Å². The van der Waals surface area contributed by atoms with Crippen molar-refractivity contribution in [1.29, 1.82) is 0 Å². The third-order valence-corrected chi connectivity index (χ3v) is 12.2. The predicted molar refractivity (Wildman–Crippen MR) is 242 cm³/mol. The first kappa shape index (κ1) is 55.7. The van der Waals surface area contributed by atoms with Crippen LogP contribution < -0.4 is 0 Å². The van der Waals surface area contributed by atoms with Crippen molar-refractivity contribution in [3.63, 3.8) is 0 Å². The third kappa shape index (κ3) is 38.1. The van der Waals surface area contributed by atoms with E-state index in [9.17, 15) is 19.0 Å². The maximum absolute atomic E-state index is 12.7. The highest BCUT2D eigenvalue weighted by Gasteiger charge is 2.36. The molecule has 0 aliphatic carbocycles. The minimum atomic E-state index is -4.38. The van der Waals surface area contributed by atoms with Crippen LogP contribution in [0.5, 0.6) is 0 Å². The van der Waals surface area contributed by atoms with Crippen LogP contribution in [-0.4, -0.2) is 87.1 Å². The van der Waals surface area contributed by atoms with E-state index in [0.717, 1.165) is 57.8 Å². The molecule has 4 atom stereocenters. The SMILES string of the molecule is CCCCCCCCCCCCCCCCCCCCCC(=O)O[C@H](COC(=O)CCCCCCC/C=C\CC1OC1CCCCC)COP(=O)(O)OCC[N+](C)(C)C. The Kier molecular flexibility index (Phi) is 35.2. The number of hydrogen-bond donors (Lipinski definition) is 1. The quantitative estimate of drug-likeness (QED) is 0.0159. The molecule has 0 amide bonds. The molecule has 11 heteroatoms. The summed E-state index contributed by atoms with van der Waals surface area (Å²) in [6.45, 7) is 4.40. The summed E-state index contributed by atoms with van der Waals surface area (Å²) in [5.41, 5.74) is 0. The maximum Gasteiger partial charge on any atom is 0.472 e. The number of epoxide rings is 1. The summed E-state index contributed by atoms with van der Waals surface area (Å²) in [6.07, 6.45) is 41.4. The molecule has 1 N–H and O–H groups in total. The molecule has 1 saturated heterocycles. The number of likely N-dealkylation sites (N-methyl/N-ethyl adjacent to an activating group) is 1. The Balaban J connectivity index is 2.22. The van der Waals surface area contributed by atoms with Crippen molar-refractivity contribution in [2.45, 2.75) is 238 Å². The van der Waals surface area contributed by atoms with Gasteiger partial charge >= 0.3 is 19.8 Å². The fraction of sp³-hybridized carbons (Fsp3) is 0.917. The van der Waals surface area contributed by atoms with Crippen molar-refractivity contribution in [3.05, 3.63) is 12.2 Å². The van der Waals surface area contributed by atoms with E-state index in [1.54, 1.807) is 0 Å². The van der Waals surface area contributed by atoms with Gasteiger partial charge < -0.3 is 23.6 Å². The number of nitrogens with zero attached hydrogens (tertiary/aromatic N) is 1. The van der Waals surface area contributed by atoms with E-state index in [0.29, 0.717) is 29.7 Å². The van der Waals surface area contributed by atoms with Gasteiger partial charge in [-0.2, -0.15) is 0 Å². The lowest BCUT2D eigenvalue weighted by Crippen LogP contribution is -2.37. The number of esters is 2. The smallest absolute Gasteiger partial charge is 0.462 e. The Morgan fingerprint density at radius 3 is 1.61 bits per heavy atom. The molecule has 1 aliphatic heterocycles. The molecule has 0 aromatic rings. The number of phosphoric acid groups is 1. The van der Waals surface area contributed by atoms with E-state index in [2.05, 4.69) is 26.0 Å². The van der Waals surface area contributed by atoms with Gasteiger partial charge in [0.25, 0.3) is 0 Å². The van der Waals surface area contributed by atoms with Crippen LogP contribution in [0.3, 0.4) is 0 Å². The number of allylic oxidation sites excluding steroid dienone is 1. The molecule has 59 heavy (non-hydrogen) atoms. The van der Waals surface area contributed by atoms with E-state index in [1.165, 1.54) is 128 Å². The third-order valence-electron chi connectivity index (χ3n) is 11.2. The molecule has 10 nitrogen and oxygen atoms in total. The van der Waals surface area contributed by atoms with Crippen molar-refractivity contribution in [1.82, 2.24) is 0 Å². The monoisotopic (exact) mass is 859 g/mol. The van der Waals surface area contributed by atoms with Gasteiger partial charge in [0.05, 0.1) is 40.0 Å². The lowest BCUT2D eigenvalue weighted by Gasteiger charge is -2.24. The summed E-state index contributed by atoms with van der Waals surface area (Å²) in [7, 11) is 1.47. The van der Waals surface area contributed by atoms with E-state index in [1.807, 2.05) is 21.1 Å². The second kappa shape index (κ2) is 37.3. The van der Waals surface area contributed by atoms with Gasteiger partial charge in [-0.15, -0.1) is 0 Å². The first-order valence-corrected chi connectivity index (χ1v) is 26.0. The summed E-state index contributed by atoms with van der Waals surface area (Å²) in [4.78, 5) is 35.5. The van der Waals surface area contributed by atoms with Gasteiger partial charge in [0.1, 0.15) is 19.8 Å². The molecule has 1 aliphatic rings. The number of carbonyl (C=O) groups excluding carboxylic acids is 2. The highest BCUT2D eigenvalue weighted by Crippen LogP contribution is 2.43. The number of hydrogen-bond acceptors (Lipinski definition) is 8. The van der Waals surface area contributed by atoms with E-state index >= 15 is 0 Å². The Bertz CT molecular complexity index is 1080. The van der Waals surface area contributed by atoms with Gasteiger partial charge in [-0.05, 0) is 38.5 Å². The number of ether oxygens (including phenoxy) is 3. The number of phosphoric ester groups is 1. The van der Waals surface area contributed by atoms with Gasteiger partial charge in [-0.25, -0.2) is 4.57 Å². The molecular weight excluding hydrogens is 766 g/mol. The first-order valence-electron chi connectivity index (χ1n) is 24.5. The molecule has 1 rings (SSSR count). The Labute approximate surface area is 362 Å². The minimum absolute atomic E-state index is 0.0301. The van der Waals surface area contributed by atoms with Crippen LogP contribution in [0.25, 0.3) is 0 Å². The Morgan fingerprint density at radius 1 is 0.610 bits per heavy atom. The molecule has 0 bridgehead atoms. The van der Waals surface area contributed by atoms with Crippen molar-refractivity contribution in [3.8, 4) is 0 Å². The van der Waals surface area contributed by atoms with Crippen molar-refractivity contribution < 1.29 is 46.8 Å². The van der Waals surface area contributed by atoms with Gasteiger partial charge in [-0.1, -0.05) is 180 Å². The largest absolute Gasteiger partial charge is 0.472 e. The Hall–Kier alpha value is -1.29. The maximum atomic E-state index is 12.7. The van der Waals surface area contributed by atoms with Crippen LogP contribution in [0.4, 0.5) is 0 Å². The number of rotatable bonds is 44. The topological polar surface area (TPSA) is 121 Å². The molecule has 1 heterocycles. The molecular formula is C48H93NO9P+. The number of carbonyl (C=O) groups is 2. The van der Waals surface area contributed by atoms with Crippen LogP contribution in [0.15, 0.2) is 12.2 Å². The van der Waals surface area contributed by atoms with Crippen molar-refractivity contribution >= 4 is 19.8 Å². The predicted octanol–water partition coefficient (Wildman–Crippen LogP) is 13.1. The molecule has 0 radical (unpaired) electrons. The van der Waals surface area contributed by atoms with Gasteiger partial charge in [-0.3, -0.25) is 18.6 Å². The average Bonchev–Trinajstić information content (AvgIpc) is 3.94. The van der Waals surface area contributed by atoms with Gasteiger partial charge in [0, 0.05) is 12.8 Å². The summed E-state index contributed by atoms with van der Waals surface area (Å²) < 4.78 is 40.2. The van der Waals surface area contributed by atoms with E-state index in [4.69, 9.17) is 23.3 Å². The van der Waals surface area contributed by atoms with Crippen LogP contribution in [0.2, 0.25) is 0 Å². The van der Waals surface area contributed by atoms with E-state index in [-0.39, 0.29) is 32.0 Å². The van der Waals surface area contributed by atoms with Crippen LogP contribution in [0, 0.1) is 0 Å². The van der Waals surface area contributed by atoms with E-state index < -0.39 is 26.5 Å². The fourth-order valence-electron chi connectivity index (χ4n) is 7.26. The lowest BCUT2D eigenvalue weighted by atomic mass is 10.0. The fourth-order valence-corrected chi connectivity index (χ4v) is 8.00. The second-order valence-electron chi connectivity index (χ2n) is 18.2.